The summed E-state index contributed by atoms with van der Waals surface area (Å²) >= 11 is 0. The van der Waals surface area contributed by atoms with Crippen molar-refractivity contribution < 1.29 is 4.79 Å². The van der Waals surface area contributed by atoms with Gasteiger partial charge in [0.15, 0.2) is 0 Å². The van der Waals surface area contributed by atoms with Crippen LogP contribution < -0.4 is 16.6 Å². The van der Waals surface area contributed by atoms with Gasteiger partial charge in [0.05, 0.1) is 10.9 Å². The van der Waals surface area contributed by atoms with E-state index in [1.165, 1.54) is 12.8 Å². The molecular formula is C17H20N4O3. The molecule has 1 saturated carbocycles. The molecule has 2 N–H and O–H groups in total. The molecule has 1 aliphatic carbocycles. The van der Waals surface area contributed by atoms with E-state index >= 15 is 0 Å². The van der Waals surface area contributed by atoms with Crippen LogP contribution >= 0.6 is 0 Å². The molecule has 24 heavy (non-hydrogen) atoms. The largest absolute Gasteiger partial charge is 0.350 e. The fraction of sp³-hybridized carbons (Fsp3) is 0.471. The Morgan fingerprint density at radius 1 is 1.21 bits per heavy atom. The fourth-order valence-electron chi connectivity index (χ4n) is 3.44. The van der Waals surface area contributed by atoms with Gasteiger partial charge in [0, 0.05) is 25.2 Å². The number of carbonyl (C=O) groups is 1. The molecule has 4 rings (SSSR count). The van der Waals surface area contributed by atoms with Gasteiger partial charge in [-0.25, -0.2) is 4.79 Å². The maximum Gasteiger partial charge on any atom is 0.329 e. The Hall–Kier alpha value is -2.41. The molecule has 0 radical (unpaired) electrons. The van der Waals surface area contributed by atoms with Gasteiger partial charge in [0.1, 0.15) is 6.54 Å². The molecule has 126 valence electrons. The van der Waals surface area contributed by atoms with Crippen LogP contribution in [0.15, 0.2) is 33.9 Å². The average molecular weight is 328 g/mol. The number of para-hydroxylation sites is 1. The van der Waals surface area contributed by atoms with Gasteiger partial charge in [-0.3, -0.25) is 19.1 Å². The van der Waals surface area contributed by atoms with Gasteiger partial charge >= 0.3 is 5.69 Å². The summed E-state index contributed by atoms with van der Waals surface area (Å²) in [6.07, 6.45) is 3.43. The lowest BCUT2D eigenvalue weighted by Crippen LogP contribution is -2.44. The van der Waals surface area contributed by atoms with Gasteiger partial charge in [-0.2, -0.15) is 0 Å². The van der Waals surface area contributed by atoms with Gasteiger partial charge in [-0.1, -0.05) is 12.1 Å². The van der Waals surface area contributed by atoms with E-state index in [4.69, 9.17) is 0 Å². The SMILES string of the molecule is O=C(Cn1c(=O)[nH]c2ccccc2c1=O)N[C@H]1CCN(C2CC2)C1. The molecule has 7 nitrogen and oxygen atoms in total. The lowest BCUT2D eigenvalue weighted by molar-refractivity contribution is -0.122. The van der Waals surface area contributed by atoms with Crippen LogP contribution in [0.5, 0.6) is 0 Å². The number of rotatable bonds is 4. The van der Waals surface area contributed by atoms with Crippen molar-refractivity contribution in [3.8, 4) is 0 Å². The molecule has 2 heterocycles. The number of aromatic amines is 1. The third kappa shape index (κ3) is 2.87. The number of carbonyl (C=O) groups excluding carboxylic acids is 1. The summed E-state index contributed by atoms with van der Waals surface area (Å²) in [5, 5.41) is 3.36. The standard InChI is InChI=1S/C17H20N4O3/c22-15(18-11-7-8-20(9-11)12-5-6-12)10-21-16(23)13-3-1-2-4-14(13)19-17(21)24/h1-4,11-12H,5-10H2,(H,18,22)(H,19,24)/t11-/m0/s1. The predicted octanol–water partition coefficient (Wildman–Crippen LogP) is 0.0427. The minimum Gasteiger partial charge on any atom is -0.350 e. The number of hydrogen-bond donors (Lipinski definition) is 2. The van der Waals surface area contributed by atoms with Crippen molar-refractivity contribution >= 4 is 16.8 Å². The minimum absolute atomic E-state index is 0.105. The zero-order valence-electron chi connectivity index (χ0n) is 13.3. The van der Waals surface area contributed by atoms with E-state index < -0.39 is 11.2 Å². The smallest absolute Gasteiger partial charge is 0.329 e. The highest BCUT2D eigenvalue weighted by atomic mass is 16.2. The monoisotopic (exact) mass is 328 g/mol. The molecule has 1 aromatic carbocycles. The Morgan fingerprint density at radius 3 is 2.79 bits per heavy atom. The van der Waals surface area contributed by atoms with Crippen molar-refractivity contribution in [1.82, 2.24) is 19.8 Å². The number of benzene rings is 1. The first-order valence-corrected chi connectivity index (χ1v) is 8.37. The topological polar surface area (TPSA) is 87.2 Å². The maximum atomic E-state index is 12.4. The first-order chi connectivity index (χ1) is 11.6. The Labute approximate surface area is 138 Å². The number of nitrogens with zero attached hydrogens (tertiary/aromatic N) is 2. The third-order valence-corrected chi connectivity index (χ3v) is 4.84. The van der Waals surface area contributed by atoms with Crippen LogP contribution in [0, 0.1) is 0 Å². The molecule has 1 aliphatic heterocycles. The number of fused-ring (bicyclic) bond motifs is 1. The van der Waals surface area contributed by atoms with Crippen molar-refractivity contribution in [2.24, 2.45) is 0 Å². The number of amides is 1. The number of H-pyrrole nitrogens is 1. The van der Waals surface area contributed by atoms with E-state index in [2.05, 4.69) is 15.2 Å². The van der Waals surface area contributed by atoms with Crippen LogP contribution in [-0.2, 0) is 11.3 Å². The highest BCUT2D eigenvalue weighted by Gasteiger charge is 2.34. The molecule has 7 heteroatoms. The van der Waals surface area contributed by atoms with Gasteiger partial charge in [-0.15, -0.1) is 0 Å². The minimum atomic E-state index is -0.556. The normalized spacial score (nSPS) is 21.2. The second-order valence-corrected chi connectivity index (χ2v) is 6.65. The zero-order chi connectivity index (χ0) is 16.7. The molecular weight excluding hydrogens is 308 g/mol. The number of likely N-dealkylation sites (tertiary alicyclic amines) is 1. The third-order valence-electron chi connectivity index (χ3n) is 4.84. The van der Waals surface area contributed by atoms with Crippen molar-refractivity contribution in [2.45, 2.75) is 37.9 Å². The number of nitrogens with one attached hydrogen (secondary N) is 2. The molecule has 1 amide bonds. The van der Waals surface area contributed by atoms with Crippen molar-refractivity contribution in [3.63, 3.8) is 0 Å². The van der Waals surface area contributed by atoms with E-state index in [0.717, 1.165) is 24.1 Å². The second-order valence-electron chi connectivity index (χ2n) is 6.65. The molecule has 2 fully saturated rings. The zero-order valence-corrected chi connectivity index (χ0v) is 13.3. The average Bonchev–Trinajstić information content (AvgIpc) is 3.32. The Morgan fingerprint density at radius 2 is 2.00 bits per heavy atom. The van der Waals surface area contributed by atoms with Crippen LogP contribution in [-0.4, -0.2) is 45.5 Å². The molecule has 1 saturated heterocycles. The lowest BCUT2D eigenvalue weighted by Gasteiger charge is -2.16. The summed E-state index contributed by atoms with van der Waals surface area (Å²) in [7, 11) is 0. The van der Waals surface area contributed by atoms with Crippen LogP contribution in [0.4, 0.5) is 0 Å². The predicted molar refractivity (Wildman–Crippen MR) is 90.0 cm³/mol. The van der Waals surface area contributed by atoms with Gasteiger partial charge in [0.25, 0.3) is 5.56 Å². The van der Waals surface area contributed by atoms with E-state index in [-0.39, 0.29) is 18.5 Å². The molecule has 1 atom stereocenters. The van der Waals surface area contributed by atoms with E-state index in [1.54, 1.807) is 24.3 Å². The Kier molecular flexibility index (Phi) is 3.72. The van der Waals surface area contributed by atoms with Crippen LogP contribution in [0.2, 0.25) is 0 Å². The Balaban J connectivity index is 1.48. The van der Waals surface area contributed by atoms with Crippen LogP contribution in [0.1, 0.15) is 19.3 Å². The molecule has 0 unspecified atom stereocenters. The van der Waals surface area contributed by atoms with Gasteiger partial charge < -0.3 is 10.3 Å². The van der Waals surface area contributed by atoms with Gasteiger partial charge in [-0.05, 0) is 31.4 Å². The Bertz CT molecular complexity index is 897. The number of hydrogen-bond acceptors (Lipinski definition) is 4. The summed E-state index contributed by atoms with van der Waals surface area (Å²) < 4.78 is 0.964. The first-order valence-electron chi connectivity index (χ1n) is 8.37. The van der Waals surface area contributed by atoms with Crippen LogP contribution in [0.25, 0.3) is 10.9 Å². The summed E-state index contributed by atoms with van der Waals surface area (Å²) in [5.41, 5.74) is -0.504. The first kappa shape index (κ1) is 15.1. The maximum absolute atomic E-state index is 12.4. The van der Waals surface area contributed by atoms with Crippen molar-refractivity contribution in [1.29, 1.82) is 0 Å². The van der Waals surface area contributed by atoms with E-state index in [0.29, 0.717) is 16.9 Å². The summed E-state index contributed by atoms with van der Waals surface area (Å²) in [4.78, 5) is 41.8. The van der Waals surface area contributed by atoms with E-state index in [1.807, 2.05) is 0 Å². The van der Waals surface area contributed by atoms with Gasteiger partial charge in [0.2, 0.25) is 5.91 Å². The molecule has 1 aromatic heterocycles. The summed E-state index contributed by atoms with van der Waals surface area (Å²) in [5.74, 6) is -0.291. The summed E-state index contributed by atoms with van der Waals surface area (Å²) in [6, 6.07) is 7.60. The quantitative estimate of drug-likeness (QED) is 0.830. The second kappa shape index (κ2) is 5.90. The highest BCUT2D eigenvalue weighted by Crippen LogP contribution is 2.29. The number of aromatic nitrogens is 2. The summed E-state index contributed by atoms with van der Waals surface area (Å²) in [6.45, 7) is 1.62. The highest BCUT2D eigenvalue weighted by molar-refractivity contribution is 5.79. The van der Waals surface area contributed by atoms with Crippen molar-refractivity contribution in [2.75, 3.05) is 13.1 Å². The molecule has 0 spiro atoms. The lowest BCUT2D eigenvalue weighted by atomic mass is 10.2. The molecule has 2 aromatic rings. The van der Waals surface area contributed by atoms with Crippen LogP contribution in [0.3, 0.4) is 0 Å². The molecule has 0 bridgehead atoms. The molecule has 2 aliphatic rings. The fourth-order valence-corrected chi connectivity index (χ4v) is 3.44. The van der Waals surface area contributed by atoms with Crippen molar-refractivity contribution in [3.05, 3.63) is 45.1 Å². The van der Waals surface area contributed by atoms with E-state index in [9.17, 15) is 14.4 Å².